The van der Waals surface area contributed by atoms with Crippen LogP contribution >= 0.6 is 12.6 Å². The molecule has 0 aliphatic heterocycles. The molecule has 94 valence electrons. The van der Waals surface area contributed by atoms with E-state index in [9.17, 15) is 4.79 Å². The van der Waals surface area contributed by atoms with Gasteiger partial charge in [0.2, 0.25) is 5.91 Å². The Kier molecular flexibility index (Phi) is 4.41. The van der Waals surface area contributed by atoms with Crippen molar-refractivity contribution >= 4 is 18.5 Å². The molecule has 4 nitrogen and oxygen atoms in total. The van der Waals surface area contributed by atoms with Gasteiger partial charge in [0, 0.05) is 23.8 Å². The second-order valence-corrected chi connectivity index (χ2v) is 4.48. The summed E-state index contributed by atoms with van der Waals surface area (Å²) >= 11 is 4.20. The summed E-state index contributed by atoms with van der Waals surface area (Å²) in [6, 6.07) is 9.45. The van der Waals surface area contributed by atoms with Gasteiger partial charge in [-0.2, -0.15) is 5.10 Å². The van der Waals surface area contributed by atoms with Crippen LogP contribution in [0, 0.1) is 0 Å². The summed E-state index contributed by atoms with van der Waals surface area (Å²) in [4.78, 5) is 12.6. The van der Waals surface area contributed by atoms with Crippen molar-refractivity contribution in [1.82, 2.24) is 15.1 Å². The molecule has 1 aromatic heterocycles. The zero-order valence-electron chi connectivity index (χ0n) is 9.91. The Labute approximate surface area is 111 Å². The van der Waals surface area contributed by atoms with Gasteiger partial charge in [-0.1, -0.05) is 12.1 Å². The van der Waals surface area contributed by atoms with Crippen LogP contribution in [0.5, 0.6) is 0 Å². The van der Waals surface area contributed by atoms with Gasteiger partial charge < -0.3 is 5.32 Å². The Morgan fingerprint density at radius 1 is 1.33 bits per heavy atom. The molecule has 5 heteroatoms. The molecule has 0 aliphatic rings. The minimum Gasteiger partial charge on any atom is -0.354 e. The van der Waals surface area contributed by atoms with E-state index < -0.39 is 0 Å². The molecule has 2 aromatic rings. The van der Waals surface area contributed by atoms with Crippen molar-refractivity contribution in [3.63, 3.8) is 0 Å². The highest BCUT2D eigenvalue weighted by Crippen LogP contribution is 2.07. The maximum atomic E-state index is 11.7. The zero-order valence-corrected chi connectivity index (χ0v) is 10.8. The van der Waals surface area contributed by atoms with Gasteiger partial charge in [-0.05, 0) is 23.8 Å². The first-order chi connectivity index (χ1) is 8.74. The first kappa shape index (κ1) is 12.7. The van der Waals surface area contributed by atoms with Crippen LogP contribution in [0.3, 0.4) is 0 Å². The van der Waals surface area contributed by atoms with Gasteiger partial charge >= 0.3 is 0 Å². The second kappa shape index (κ2) is 6.26. The predicted octanol–water partition coefficient (Wildman–Crippen LogP) is 1.53. The van der Waals surface area contributed by atoms with E-state index in [-0.39, 0.29) is 5.91 Å². The van der Waals surface area contributed by atoms with Gasteiger partial charge in [-0.3, -0.25) is 9.48 Å². The number of hydrogen-bond donors (Lipinski definition) is 2. The highest BCUT2D eigenvalue weighted by molar-refractivity contribution is 7.80. The normalized spacial score (nSPS) is 10.3. The summed E-state index contributed by atoms with van der Waals surface area (Å²) in [7, 11) is 0. The molecule has 0 fully saturated rings. The molecule has 0 bridgehead atoms. The number of thiol groups is 1. The Morgan fingerprint density at radius 3 is 2.78 bits per heavy atom. The number of nitrogens with one attached hydrogen (secondary N) is 1. The van der Waals surface area contributed by atoms with E-state index in [4.69, 9.17) is 0 Å². The van der Waals surface area contributed by atoms with Gasteiger partial charge in [-0.15, -0.1) is 12.6 Å². The molecule has 0 radical (unpaired) electrons. The monoisotopic (exact) mass is 261 g/mol. The summed E-state index contributed by atoms with van der Waals surface area (Å²) in [5.41, 5.74) is 0.990. The Morgan fingerprint density at radius 2 is 2.11 bits per heavy atom. The molecule has 0 atom stereocenters. The summed E-state index contributed by atoms with van der Waals surface area (Å²) in [5.74, 6) is 0.0223. The standard InChI is InChI=1S/C13H15N3OS/c17-13(10-11-2-4-12(18)5-3-11)14-7-9-16-8-1-6-15-16/h1-6,8,18H,7,9-10H2,(H,14,17). The molecule has 0 unspecified atom stereocenters. The topological polar surface area (TPSA) is 46.9 Å². The van der Waals surface area contributed by atoms with E-state index in [1.807, 2.05) is 36.5 Å². The summed E-state index contributed by atoms with van der Waals surface area (Å²) in [6.07, 6.45) is 3.99. The second-order valence-electron chi connectivity index (χ2n) is 3.96. The molecule has 1 amide bonds. The number of aromatic nitrogens is 2. The van der Waals surface area contributed by atoms with Crippen molar-refractivity contribution in [3.05, 3.63) is 48.3 Å². The molecule has 0 spiro atoms. The van der Waals surface area contributed by atoms with E-state index in [0.717, 1.165) is 10.5 Å². The highest BCUT2D eigenvalue weighted by Gasteiger charge is 2.02. The molecule has 1 heterocycles. The molecule has 0 aliphatic carbocycles. The number of amides is 1. The lowest BCUT2D eigenvalue weighted by Crippen LogP contribution is -2.28. The number of nitrogens with zero attached hydrogens (tertiary/aromatic N) is 2. The smallest absolute Gasteiger partial charge is 0.224 e. The third-order valence-corrected chi connectivity index (χ3v) is 2.82. The van der Waals surface area contributed by atoms with E-state index in [0.29, 0.717) is 19.5 Å². The van der Waals surface area contributed by atoms with Crippen molar-refractivity contribution in [2.75, 3.05) is 6.54 Å². The van der Waals surface area contributed by atoms with Crippen LogP contribution in [0.15, 0.2) is 47.6 Å². The summed E-state index contributed by atoms with van der Waals surface area (Å²) in [6.45, 7) is 1.28. The number of carbonyl (C=O) groups excluding carboxylic acids is 1. The van der Waals surface area contributed by atoms with E-state index in [2.05, 4.69) is 23.0 Å². The third-order valence-electron chi connectivity index (χ3n) is 2.52. The first-order valence-corrected chi connectivity index (χ1v) is 6.21. The fraction of sp³-hybridized carbons (Fsp3) is 0.231. The quantitative estimate of drug-likeness (QED) is 0.802. The first-order valence-electron chi connectivity index (χ1n) is 5.76. The molecule has 2 rings (SSSR count). The minimum absolute atomic E-state index is 0.0223. The van der Waals surface area contributed by atoms with Gasteiger partial charge in [0.25, 0.3) is 0 Å². The van der Waals surface area contributed by atoms with Crippen molar-refractivity contribution in [2.24, 2.45) is 0 Å². The van der Waals surface area contributed by atoms with Crippen molar-refractivity contribution < 1.29 is 4.79 Å². The molecule has 1 aromatic carbocycles. The van der Waals surface area contributed by atoms with Crippen LogP contribution < -0.4 is 5.32 Å². The number of hydrogen-bond acceptors (Lipinski definition) is 3. The van der Waals surface area contributed by atoms with Crippen LogP contribution in [-0.2, 0) is 17.8 Å². The van der Waals surface area contributed by atoms with Crippen molar-refractivity contribution in [2.45, 2.75) is 17.9 Å². The Bertz CT molecular complexity index is 493. The lowest BCUT2D eigenvalue weighted by atomic mass is 10.1. The maximum absolute atomic E-state index is 11.7. The Hall–Kier alpha value is -1.75. The summed E-state index contributed by atoms with van der Waals surface area (Å²) in [5, 5.41) is 6.93. The zero-order chi connectivity index (χ0) is 12.8. The third kappa shape index (κ3) is 3.92. The lowest BCUT2D eigenvalue weighted by molar-refractivity contribution is -0.120. The number of carbonyl (C=O) groups is 1. The van der Waals surface area contributed by atoms with Crippen molar-refractivity contribution in [1.29, 1.82) is 0 Å². The van der Waals surface area contributed by atoms with E-state index >= 15 is 0 Å². The predicted molar refractivity (Wildman–Crippen MR) is 72.6 cm³/mol. The van der Waals surface area contributed by atoms with Crippen molar-refractivity contribution in [3.8, 4) is 0 Å². The fourth-order valence-corrected chi connectivity index (χ4v) is 1.75. The number of rotatable bonds is 5. The maximum Gasteiger partial charge on any atom is 0.224 e. The van der Waals surface area contributed by atoms with Gasteiger partial charge in [-0.25, -0.2) is 0 Å². The molecule has 0 saturated carbocycles. The minimum atomic E-state index is 0.0223. The van der Waals surface area contributed by atoms with Gasteiger partial charge in [0.05, 0.1) is 13.0 Å². The van der Waals surface area contributed by atoms with Gasteiger partial charge in [0.15, 0.2) is 0 Å². The van der Waals surface area contributed by atoms with Gasteiger partial charge in [0.1, 0.15) is 0 Å². The largest absolute Gasteiger partial charge is 0.354 e. The average Bonchev–Trinajstić information content (AvgIpc) is 2.85. The van der Waals surface area contributed by atoms with E-state index in [1.54, 1.807) is 10.9 Å². The van der Waals surface area contributed by atoms with Crippen LogP contribution in [-0.4, -0.2) is 22.2 Å². The van der Waals surface area contributed by atoms with E-state index in [1.165, 1.54) is 0 Å². The molecular weight excluding hydrogens is 246 g/mol. The molecular formula is C13H15N3OS. The molecule has 18 heavy (non-hydrogen) atoms. The van der Waals surface area contributed by atoms with Crippen LogP contribution in [0.1, 0.15) is 5.56 Å². The summed E-state index contributed by atoms with van der Waals surface area (Å²) < 4.78 is 1.79. The average molecular weight is 261 g/mol. The van der Waals surface area contributed by atoms with Crippen LogP contribution in [0.4, 0.5) is 0 Å². The highest BCUT2D eigenvalue weighted by atomic mass is 32.1. The SMILES string of the molecule is O=C(Cc1ccc(S)cc1)NCCn1cccn1. The van der Waals surface area contributed by atoms with Crippen LogP contribution in [0.2, 0.25) is 0 Å². The molecule has 1 N–H and O–H groups in total. The molecule has 0 saturated heterocycles. The fourth-order valence-electron chi connectivity index (χ4n) is 1.60. The van der Waals surface area contributed by atoms with Crippen LogP contribution in [0.25, 0.3) is 0 Å². The number of benzene rings is 1. The Balaban J connectivity index is 1.73. The lowest BCUT2D eigenvalue weighted by Gasteiger charge is -2.05.